The summed E-state index contributed by atoms with van der Waals surface area (Å²) in [5, 5.41) is 0. The molecule has 16 heavy (non-hydrogen) atoms. The fraction of sp³-hybridized carbons (Fsp3) is 0.455. The molecule has 1 aromatic rings. The van der Waals surface area contributed by atoms with Crippen LogP contribution in [0.3, 0.4) is 0 Å². The molecule has 0 aliphatic carbocycles. The topological polar surface area (TPSA) is 27.7 Å². The van der Waals surface area contributed by atoms with Crippen molar-refractivity contribution in [1.29, 1.82) is 0 Å². The van der Waals surface area contributed by atoms with Gasteiger partial charge in [0, 0.05) is 19.1 Å². The first-order valence-corrected chi connectivity index (χ1v) is 4.62. The van der Waals surface area contributed by atoms with Crippen LogP contribution < -0.4 is 14.2 Å². The van der Waals surface area contributed by atoms with Crippen LogP contribution in [0.2, 0.25) is 0 Å². The largest absolute Gasteiger partial charge is 0.496 e. The van der Waals surface area contributed by atoms with Gasteiger partial charge in [-0.25, -0.2) is 8.78 Å². The summed E-state index contributed by atoms with van der Waals surface area (Å²) in [5.41, 5.74) is -0.279. The summed E-state index contributed by atoms with van der Waals surface area (Å²) in [7, 11) is 4.09. The van der Waals surface area contributed by atoms with Gasteiger partial charge in [0.05, 0.1) is 21.3 Å². The predicted octanol–water partition coefficient (Wildman–Crippen LogP) is 2.82. The Morgan fingerprint density at radius 3 is 1.62 bits per heavy atom. The van der Waals surface area contributed by atoms with Gasteiger partial charge in [-0.2, -0.15) is 0 Å². The van der Waals surface area contributed by atoms with Crippen LogP contribution in [0, 0.1) is 0 Å². The summed E-state index contributed by atoms with van der Waals surface area (Å²) in [6.45, 7) is 0.792. The maximum Gasteiger partial charge on any atom is 0.277 e. The predicted molar refractivity (Wildman–Crippen MR) is 55.7 cm³/mol. The second kappa shape index (κ2) is 4.55. The molecule has 0 aliphatic rings. The van der Waals surface area contributed by atoms with E-state index in [9.17, 15) is 8.78 Å². The summed E-state index contributed by atoms with van der Waals surface area (Å²) >= 11 is 0. The molecule has 5 heteroatoms. The fourth-order valence-corrected chi connectivity index (χ4v) is 1.44. The molecule has 0 aliphatic heterocycles. The Morgan fingerprint density at radius 1 is 0.938 bits per heavy atom. The highest BCUT2D eigenvalue weighted by Gasteiger charge is 2.33. The third kappa shape index (κ3) is 2.35. The molecule has 0 saturated heterocycles. The van der Waals surface area contributed by atoms with E-state index in [0.717, 1.165) is 6.92 Å². The van der Waals surface area contributed by atoms with Gasteiger partial charge in [0.25, 0.3) is 5.92 Å². The van der Waals surface area contributed by atoms with Gasteiger partial charge >= 0.3 is 0 Å². The van der Waals surface area contributed by atoms with Crippen LogP contribution in [-0.4, -0.2) is 21.3 Å². The first kappa shape index (κ1) is 12.5. The average Bonchev–Trinajstić information content (AvgIpc) is 2.25. The lowest BCUT2D eigenvalue weighted by molar-refractivity contribution is 0.0125. The minimum Gasteiger partial charge on any atom is -0.496 e. The molecule has 0 heterocycles. The van der Waals surface area contributed by atoms with Crippen molar-refractivity contribution in [1.82, 2.24) is 0 Å². The minimum atomic E-state index is -3.04. The van der Waals surface area contributed by atoms with Gasteiger partial charge in [-0.3, -0.25) is 0 Å². The van der Waals surface area contributed by atoms with Crippen molar-refractivity contribution in [3.8, 4) is 17.2 Å². The summed E-state index contributed by atoms with van der Waals surface area (Å²) in [5.74, 6) is -2.54. The summed E-state index contributed by atoms with van der Waals surface area (Å²) in [6.07, 6.45) is 0. The minimum absolute atomic E-state index is 0.0451. The quantitative estimate of drug-likeness (QED) is 0.798. The van der Waals surface area contributed by atoms with Crippen LogP contribution >= 0.6 is 0 Å². The number of hydrogen-bond donors (Lipinski definition) is 0. The first-order chi connectivity index (χ1) is 7.43. The van der Waals surface area contributed by atoms with Crippen LogP contribution in [0.4, 0.5) is 8.78 Å². The van der Waals surface area contributed by atoms with Crippen molar-refractivity contribution < 1.29 is 23.0 Å². The number of methoxy groups -OCH3 is 3. The van der Waals surface area contributed by atoms with E-state index < -0.39 is 5.92 Å². The Kier molecular flexibility index (Phi) is 3.57. The number of hydrogen-bond acceptors (Lipinski definition) is 3. The molecule has 0 N–H and O–H groups in total. The zero-order valence-corrected chi connectivity index (χ0v) is 9.64. The zero-order valence-electron chi connectivity index (χ0n) is 9.64. The van der Waals surface area contributed by atoms with Gasteiger partial charge in [-0.05, 0) is 0 Å². The van der Waals surface area contributed by atoms with E-state index in [1.807, 2.05) is 0 Å². The molecule has 0 radical (unpaired) electrons. The Bertz CT molecular complexity index is 347. The Balaban J connectivity index is 3.44. The molecule has 90 valence electrons. The number of ether oxygens (including phenoxy) is 3. The lowest BCUT2D eigenvalue weighted by Gasteiger charge is -2.19. The highest BCUT2D eigenvalue weighted by Crippen LogP contribution is 2.43. The van der Waals surface area contributed by atoms with Crippen LogP contribution in [0.1, 0.15) is 12.5 Å². The van der Waals surface area contributed by atoms with Gasteiger partial charge in [0.15, 0.2) is 0 Å². The molecule has 3 nitrogen and oxygen atoms in total. The maximum atomic E-state index is 13.4. The highest BCUT2D eigenvalue weighted by molar-refractivity contribution is 5.52. The molecule has 1 rings (SSSR count). The fourth-order valence-electron chi connectivity index (χ4n) is 1.44. The van der Waals surface area contributed by atoms with E-state index in [1.165, 1.54) is 33.5 Å². The lowest BCUT2D eigenvalue weighted by atomic mass is 10.1. The molecule has 0 unspecified atom stereocenters. The summed E-state index contributed by atoms with van der Waals surface area (Å²) < 4.78 is 41.6. The molecule has 0 bridgehead atoms. The van der Waals surface area contributed by atoms with Crippen molar-refractivity contribution in [3.05, 3.63) is 17.7 Å². The van der Waals surface area contributed by atoms with E-state index in [1.54, 1.807) is 0 Å². The Labute approximate surface area is 92.9 Å². The second-order valence-electron chi connectivity index (χ2n) is 3.30. The van der Waals surface area contributed by atoms with Crippen molar-refractivity contribution in [2.45, 2.75) is 12.8 Å². The summed E-state index contributed by atoms with van der Waals surface area (Å²) in [4.78, 5) is 0. The van der Waals surface area contributed by atoms with Crippen molar-refractivity contribution >= 4 is 0 Å². The number of halogens is 2. The van der Waals surface area contributed by atoms with Gasteiger partial charge in [0.2, 0.25) is 0 Å². The SMILES string of the molecule is COc1cc(OC)c(C(C)(F)F)c(OC)c1. The van der Waals surface area contributed by atoms with Gasteiger partial charge in [-0.15, -0.1) is 0 Å². The van der Waals surface area contributed by atoms with Crippen molar-refractivity contribution in [2.75, 3.05) is 21.3 Å². The zero-order chi connectivity index (χ0) is 12.3. The number of alkyl halides is 2. The van der Waals surface area contributed by atoms with Gasteiger partial charge < -0.3 is 14.2 Å². The molecule has 0 spiro atoms. The monoisotopic (exact) mass is 232 g/mol. The molecule has 1 aromatic carbocycles. The van der Waals surface area contributed by atoms with E-state index >= 15 is 0 Å². The molecule has 0 aromatic heterocycles. The molecule has 0 fully saturated rings. The van der Waals surface area contributed by atoms with Gasteiger partial charge in [-0.1, -0.05) is 0 Å². The third-order valence-corrected chi connectivity index (χ3v) is 2.15. The van der Waals surface area contributed by atoms with Gasteiger partial charge in [0.1, 0.15) is 22.8 Å². The van der Waals surface area contributed by atoms with E-state index in [4.69, 9.17) is 14.2 Å². The Hall–Kier alpha value is -1.52. The molecule has 0 amide bonds. The highest BCUT2D eigenvalue weighted by atomic mass is 19.3. The second-order valence-corrected chi connectivity index (χ2v) is 3.30. The number of benzene rings is 1. The smallest absolute Gasteiger partial charge is 0.277 e. The lowest BCUT2D eigenvalue weighted by Crippen LogP contribution is -2.11. The molecular weight excluding hydrogens is 218 g/mol. The van der Waals surface area contributed by atoms with Crippen molar-refractivity contribution in [2.24, 2.45) is 0 Å². The summed E-state index contributed by atoms with van der Waals surface area (Å²) in [6, 6.07) is 2.80. The average molecular weight is 232 g/mol. The standard InChI is InChI=1S/C11H14F2O3/c1-11(12,13)10-8(15-3)5-7(14-2)6-9(10)16-4/h5-6H,1-4H3. The van der Waals surface area contributed by atoms with Crippen LogP contribution in [0.25, 0.3) is 0 Å². The maximum absolute atomic E-state index is 13.4. The molecule has 0 atom stereocenters. The van der Waals surface area contributed by atoms with E-state index in [-0.39, 0.29) is 17.1 Å². The van der Waals surface area contributed by atoms with E-state index in [2.05, 4.69) is 0 Å². The third-order valence-electron chi connectivity index (χ3n) is 2.15. The van der Waals surface area contributed by atoms with Crippen LogP contribution in [0.15, 0.2) is 12.1 Å². The van der Waals surface area contributed by atoms with Crippen molar-refractivity contribution in [3.63, 3.8) is 0 Å². The van der Waals surface area contributed by atoms with Crippen LogP contribution in [0.5, 0.6) is 17.2 Å². The van der Waals surface area contributed by atoms with E-state index in [0.29, 0.717) is 5.75 Å². The number of rotatable bonds is 4. The normalized spacial score (nSPS) is 11.1. The van der Waals surface area contributed by atoms with Crippen LogP contribution in [-0.2, 0) is 5.92 Å². The molecular formula is C11H14F2O3. The first-order valence-electron chi connectivity index (χ1n) is 4.62. The Morgan fingerprint density at radius 2 is 1.38 bits per heavy atom. The molecule has 0 saturated carbocycles.